The minimum Gasteiger partial charge on any atom is -0.377 e. The van der Waals surface area contributed by atoms with Gasteiger partial charge in [0.25, 0.3) is 0 Å². The number of piperazine rings is 1. The van der Waals surface area contributed by atoms with Crippen molar-refractivity contribution in [3.05, 3.63) is 0 Å². The first-order valence-corrected chi connectivity index (χ1v) is 10.0. The van der Waals surface area contributed by atoms with Crippen LogP contribution in [0.25, 0.3) is 0 Å². The molecule has 7 nitrogen and oxygen atoms in total. The molecule has 0 aromatic heterocycles. The lowest BCUT2D eigenvalue weighted by Crippen LogP contribution is -2.52. The van der Waals surface area contributed by atoms with Crippen LogP contribution >= 0.6 is 0 Å². The molecule has 1 saturated carbocycles. The number of aliphatic imine (C=N–C) groups is 1. The summed E-state index contributed by atoms with van der Waals surface area (Å²) in [7, 11) is 1.71. The first kappa shape index (κ1) is 21.0. The summed E-state index contributed by atoms with van der Waals surface area (Å²) in [5, 5.41) is 6.67. The SMILES string of the molecule is CCNC(=NCC(C)(C)OC)NCCN1CCN(C(=O)C2CCC2)CC1. The molecular weight excluding hydrogens is 330 g/mol. The summed E-state index contributed by atoms with van der Waals surface area (Å²) < 4.78 is 5.42. The highest BCUT2D eigenvalue weighted by Gasteiger charge is 2.31. The van der Waals surface area contributed by atoms with Crippen molar-refractivity contribution in [2.24, 2.45) is 10.9 Å². The van der Waals surface area contributed by atoms with Crippen molar-refractivity contribution in [1.82, 2.24) is 20.4 Å². The van der Waals surface area contributed by atoms with Crippen molar-refractivity contribution in [3.63, 3.8) is 0 Å². The molecule has 1 saturated heterocycles. The van der Waals surface area contributed by atoms with E-state index in [4.69, 9.17) is 4.74 Å². The zero-order valence-corrected chi connectivity index (χ0v) is 17.0. The molecule has 2 fully saturated rings. The van der Waals surface area contributed by atoms with Crippen LogP contribution in [0.4, 0.5) is 0 Å². The molecule has 150 valence electrons. The predicted octanol–water partition coefficient (Wildman–Crippen LogP) is 0.911. The summed E-state index contributed by atoms with van der Waals surface area (Å²) in [6.45, 7) is 13.0. The molecule has 1 heterocycles. The van der Waals surface area contributed by atoms with E-state index in [2.05, 4.69) is 32.3 Å². The minimum absolute atomic E-state index is 0.258. The van der Waals surface area contributed by atoms with Gasteiger partial charge in [0.05, 0.1) is 12.1 Å². The Kier molecular flexibility index (Phi) is 8.15. The van der Waals surface area contributed by atoms with E-state index in [9.17, 15) is 4.79 Å². The van der Waals surface area contributed by atoms with Gasteiger partial charge in [-0.05, 0) is 33.6 Å². The van der Waals surface area contributed by atoms with E-state index in [1.807, 2.05) is 13.8 Å². The van der Waals surface area contributed by atoms with Gasteiger partial charge in [-0.25, -0.2) is 0 Å². The van der Waals surface area contributed by atoms with Crippen LogP contribution in [0, 0.1) is 5.92 Å². The molecule has 0 spiro atoms. The smallest absolute Gasteiger partial charge is 0.225 e. The highest BCUT2D eigenvalue weighted by molar-refractivity contribution is 5.80. The first-order valence-electron chi connectivity index (χ1n) is 10.0. The molecule has 2 N–H and O–H groups in total. The summed E-state index contributed by atoms with van der Waals surface area (Å²) in [4.78, 5) is 21.4. The van der Waals surface area contributed by atoms with Crippen molar-refractivity contribution in [1.29, 1.82) is 0 Å². The number of carbonyl (C=O) groups excluding carboxylic acids is 1. The van der Waals surface area contributed by atoms with Crippen molar-refractivity contribution in [2.45, 2.75) is 45.6 Å². The van der Waals surface area contributed by atoms with Crippen LogP contribution in [-0.4, -0.2) is 86.7 Å². The van der Waals surface area contributed by atoms with Crippen LogP contribution in [0.5, 0.6) is 0 Å². The molecular formula is C19H37N5O2. The van der Waals surface area contributed by atoms with Gasteiger partial charge >= 0.3 is 0 Å². The van der Waals surface area contributed by atoms with Crippen LogP contribution in [0.3, 0.4) is 0 Å². The fourth-order valence-electron chi connectivity index (χ4n) is 3.11. The number of rotatable bonds is 8. The number of hydrogen-bond donors (Lipinski definition) is 2. The summed E-state index contributed by atoms with van der Waals surface area (Å²) in [6, 6.07) is 0. The number of ether oxygens (including phenoxy) is 1. The third kappa shape index (κ3) is 6.43. The van der Waals surface area contributed by atoms with Gasteiger partial charge < -0.3 is 20.3 Å². The van der Waals surface area contributed by atoms with Gasteiger partial charge in [-0.3, -0.25) is 14.7 Å². The van der Waals surface area contributed by atoms with E-state index in [0.29, 0.717) is 18.4 Å². The number of amides is 1. The molecule has 0 unspecified atom stereocenters. The van der Waals surface area contributed by atoms with Crippen molar-refractivity contribution < 1.29 is 9.53 Å². The normalized spacial score (nSPS) is 20.0. The van der Waals surface area contributed by atoms with Crippen molar-refractivity contribution in [3.8, 4) is 0 Å². The summed E-state index contributed by atoms with van der Waals surface area (Å²) in [6.07, 6.45) is 3.41. The maximum absolute atomic E-state index is 12.3. The van der Waals surface area contributed by atoms with E-state index >= 15 is 0 Å². The number of guanidine groups is 1. The number of nitrogens with one attached hydrogen (secondary N) is 2. The zero-order chi connectivity index (χ0) is 19.0. The van der Waals surface area contributed by atoms with Crippen molar-refractivity contribution in [2.75, 3.05) is 59.5 Å². The predicted molar refractivity (Wildman–Crippen MR) is 105 cm³/mol. The van der Waals surface area contributed by atoms with Gasteiger partial charge in [0.1, 0.15) is 0 Å². The number of nitrogens with zero attached hydrogens (tertiary/aromatic N) is 3. The van der Waals surface area contributed by atoms with Crippen LogP contribution in [0.1, 0.15) is 40.0 Å². The number of methoxy groups -OCH3 is 1. The molecule has 0 aromatic carbocycles. The average Bonchev–Trinajstić information content (AvgIpc) is 2.59. The van der Waals surface area contributed by atoms with E-state index in [1.54, 1.807) is 7.11 Å². The zero-order valence-electron chi connectivity index (χ0n) is 17.0. The Labute approximate surface area is 158 Å². The molecule has 0 bridgehead atoms. The second-order valence-corrected chi connectivity index (χ2v) is 7.88. The minimum atomic E-state index is -0.258. The molecule has 1 aliphatic carbocycles. The number of hydrogen-bond acceptors (Lipinski definition) is 4. The lowest BCUT2D eigenvalue weighted by Gasteiger charge is -2.38. The van der Waals surface area contributed by atoms with Crippen LogP contribution in [0.15, 0.2) is 4.99 Å². The quantitative estimate of drug-likeness (QED) is 0.493. The molecule has 7 heteroatoms. The third-order valence-corrected chi connectivity index (χ3v) is 5.37. The van der Waals surface area contributed by atoms with E-state index in [-0.39, 0.29) is 5.60 Å². The molecule has 2 rings (SSSR count). The maximum atomic E-state index is 12.3. The second kappa shape index (κ2) is 10.1. The van der Waals surface area contributed by atoms with Gasteiger partial charge in [0.15, 0.2) is 5.96 Å². The van der Waals surface area contributed by atoms with E-state index in [1.165, 1.54) is 6.42 Å². The molecule has 2 aliphatic rings. The highest BCUT2D eigenvalue weighted by atomic mass is 16.5. The Hall–Kier alpha value is -1.34. The third-order valence-electron chi connectivity index (χ3n) is 5.37. The van der Waals surface area contributed by atoms with Gasteiger partial charge in [0.2, 0.25) is 5.91 Å². The van der Waals surface area contributed by atoms with Gasteiger partial charge in [-0.15, -0.1) is 0 Å². The molecule has 26 heavy (non-hydrogen) atoms. The first-order chi connectivity index (χ1) is 12.4. The van der Waals surface area contributed by atoms with E-state index < -0.39 is 0 Å². The molecule has 1 aliphatic heterocycles. The lowest BCUT2D eigenvalue weighted by atomic mass is 9.84. The maximum Gasteiger partial charge on any atom is 0.225 e. The van der Waals surface area contributed by atoms with Crippen LogP contribution in [-0.2, 0) is 9.53 Å². The highest BCUT2D eigenvalue weighted by Crippen LogP contribution is 2.28. The standard InChI is InChI=1S/C19H37N5O2/c1-5-20-18(22-15-19(2,3)26-4)21-9-10-23-11-13-24(14-12-23)17(25)16-7-6-8-16/h16H,5-15H2,1-4H3,(H2,20,21,22). The van der Waals surface area contributed by atoms with Crippen LogP contribution < -0.4 is 10.6 Å². The van der Waals surface area contributed by atoms with Gasteiger partial charge in [0, 0.05) is 58.8 Å². The van der Waals surface area contributed by atoms with Crippen molar-refractivity contribution >= 4 is 11.9 Å². The fraction of sp³-hybridized carbons (Fsp3) is 0.895. The Bertz CT molecular complexity index is 469. The van der Waals surface area contributed by atoms with Crippen LogP contribution in [0.2, 0.25) is 0 Å². The molecule has 1 amide bonds. The summed E-state index contributed by atoms with van der Waals surface area (Å²) >= 11 is 0. The number of carbonyl (C=O) groups is 1. The summed E-state index contributed by atoms with van der Waals surface area (Å²) in [5.41, 5.74) is -0.258. The monoisotopic (exact) mass is 367 g/mol. The Morgan fingerprint density at radius 1 is 1.19 bits per heavy atom. The lowest BCUT2D eigenvalue weighted by molar-refractivity contribution is -0.139. The fourth-order valence-corrected chi connectivity index (χ4v) is 3.11. The summed E-state index contributed by atoms with van der Waals surface area (Å²) in [5.74, 6) is 1.53. The van der Waals surface area contributed by atoms with E-state index in [0.717, 1.165) is 64.6 Å². The average molecular weight is 368 g/mol. The van der Waals surface area contributed by atoms with Gasteiger partial charge in [-0.1, -0.05) is 6.42 Å². The molecule has 0 aromatic rings. The topological polar surface area (TPSA) is 69.2 Å². The Balaban J connectivity index is 1.67. The largest absolute Gasteiger partial charge is 0.377 e. The molecule has 0 atom stereocenters. The molecule has 0 radical (unpaired) electrons. The second-order valence-electron chi connectivity index (χ2n) is 7.88. The Morgan fingerprint density at radius 3 is 2.42 bits per heavy atom. The van der Waals surface area contributed by atoms with Gasteiger partial charge in [-0.2, -0.15) is 0 Å². The Morgan fingerprint density at radius 2 is 1.88 bits per heavy atom.